The van der Waals surface area contributed by atoms with Crippen LogP contribution >= 0.6 is 0 Å². The number of hydrogen-bond donors (Lipinski definition) is 9. The van der Waals surface area contributed by atoms with E-state index < -0.39 is 35.1 Å². The molecule has 0 unspecified atom stereocenters. The molecule has 0 bridgehead atoms. The first-order valence-electron chi connectivity index (χ1n) is 42.6. The molecule has 29 nitrogen and oxygen atoms in total. The summed E-state index contributed by atoms with van der Waals surface area (Å²) in [6, 6.07) is 50.9. The average molecular weight is 1780 g/mol. The third kappa shape index (κ3) is 20.6. The van der Waals surface area contributed by atoms with Gasteiger partial charge in [-0.15, -0.1) is 0 Å². The first-order chi connectivity index (χ1) is 62.6. The Bertz CT molecular complexity index is 6870. The number of H-pyrrole nitrogens is 8. The molecule has 0 aliphatic carbocycles. The molecule has 3 amide bonds. The van der Waals surface area contributed by atoms with E-state index in [9.17, 15) is 64.3 Å². The van der Waals surface area contributed by atoms with E-state index in [0.29, 0.717) is 153 Å². The Hall–Kier alpha value is -14.7. The van der Waals surface area contributed by atoms with Crippen LogP contribution < -0.4 is 27.6 Å². The number of aromatic amines is 8. The molecular weight excluding hydrogens is 1690 g/mol. The van der Waals surface area contributed by atoms with Crippen molar-refractivity contribution in [2.75, 3.05) is 52.5 Å². The van der Waals surface area contributed by atoms with Gasteiger partial charge in [-0.1, -0.05) is 91.0 Å². The smallest absolute Gasteiger partial charge is 0.416 e. The Morgan fingerprint density at radius 1 is 0.492 bits per heavy atom. The molecule has 130 heavy (non-hydrogen) atoms. The number of piperidine rings is 1. The van der Waals surface area contributed by atoms with E-state index in [4.69, 9.17) is 9.47 Å². The topological polar surface area (TPSA) is 357 Å². The van der Waals surface area contributed by atoms with Gasteiger partial charge in [0.05, 0.1) is 86.5 Å². The predicted octanol–water partition coefficient (Wildman–Crippen LogP) is 14.3. The molecule has 0 saturated carbocycles. The summed E-state index contributed by atoms with van der Waals surface area (Å²) in [7, 11) is 0. The fraction of sp³-hybridized carbons (Fsp3) is 0.287. The van der Waals surface area contributed by atoms with Crippen LogP contribution in [0.1, 0.15) is 121 Å². The number of benzene rings is 8. The normalized spacial score (nSPS) is 14.0. The number of nitrogens with zero attached hydrogens (tertiary/aromatic N) is 11. The van der Waals surface area contributed by atoms with Gasteiger partial charge in [-0.3, -0.25) is 54.1 Å². The lowest BCUT2D eigenvalue weighted by atomic mass is 9.89. The van der Waals surface area contributed by atoms with Crippen molar-refractivity contribution < 1.29 is 54.6 Å². The molecule has 11 heterocycles. The first kappa shape index (κ1) is 88.7. The van der Waals surface area contributed by atoms with E-state index in [1.165, 1.54) is 61.2 Å². The van der Waals surface area contributed by atoms with Crippen molar-refractivity contribution in [3.05, 3.63) is 314 Å². The monoisotopic (exact) mass is 1780 g/mol. The molecular formula is C94H93F7N20O9. The van der Waals surface area contributed by atoms with Crippen LogP contribution in [-0.2, 0) is 76.9 Å². The number of imidazole rings is 4. The number of aryl methyl sites for hydroxylation is 2. The molecule has 19 rings (SSSR count). The van der Waals surface area contributed by atoms with Gasteiger partial charge in [0.15, 0.2) is 11.6 Å². The van der Waals surface area contributed by atoms with Crippen molar-refractivity contribution in [3.8, 4) is 35.1 Å². The lowest BCUT2D eigenvalue weighted by Crippen LogP contribution is -2.36. The highest BCUT2D eigenvalue weighted by Crippen LogP contribution is 2.34. The molecule has 0 radical (unpaired) electrons. The number of alkyl halides is 3. The summed E-state index contributed by atoms with van der Waals surface area (Å²) in [5.41, 5.74) is 11.3. The van der Waals surface area contributed by atoms with Gasteiger partial charge in [0.1, 0.15) is 17.2 Å². The molecule has 0 atom stereocenters. The number of para-hydroxylation sites is 8. The van der Waals surface area contributed by atoms with Crippen molar-refractivity contribution in [1.29, 1.82) is 0 Å². The van der Waals surface area contributed by atoms with Gasteiger partial charge in [-0.05, 0) is 191 Å². The highest BCUT2D eigenvalue weighted by molar-refractivity contribution is 5.80. The largest absolute Gasteiger partial charge is 0.444 e. The maximum absolute atomic E-state index is 13.8. The number of nitrogens with one attached hydrogen (secondary N) is 9. The van der Waals surface area contributed by atoms with Gasteiger partial charge in [-0.2, -0.15) is 31.9 Å². The lowest BCUT2D eigenvalue weighted by molar-refractivity contribution is -0.137. The highest BCUT2D eigenvalue weighted by atomic mass is 19.4. The zero-order valence-corrected chi connectivity index (χ0v) is 71.4. The number of morpholine rings is 1. The van der Waals surface area contributed by atoms with Crippen molar-refractivity contribution in [2.24, 2.45) is 0 Å². The summed E-state index contributed by atoms with van der Waals surface area (Å²) in [4.78, 5) is 126. The number of aromatic nitrogens is 16. The Kier molecular flexibility index (Phi) is 26.3. The molecule has 672 valence electrons. The Balaban J connectivity index is 0.000000127. The van der Waals surface area contributed by atoms with Crippen LogP contribution in [0.25, 0.3) is 79.2 Å². The summed E-state index contributed by atoms with van der Waals surface area (Å²) in [6.07, 6.45) is 0.212. The average Bonchev–Trinajstić information content (AvgIpc) is 1.61. The van der Waals surface area contributed by atoms with Gasteiger partial charge in [0, 0.05) is 99.4 Å². The maximum atomic E-state index is 13.8. The zero-order valence-electron chi connectivity index (χ0n) is 71.4. The van der Waals surface area contributed by atoms with Crippen molar-refractivity contribution in [2.45, 2.75) is 123 Å². The standard InChI is InChI=1S/C24H23F2N5O2.C24H26FN5O3.C23H20F3N5O2.C23H24FN5O2/c1-14(32)30-10-8-16(9-11-30)22-17(12-15-6-7-18(25)19(26)13-15)23(33)31(29-22)24-27-20-4-2-3-5-21(20)28-24;1-24(2,3)33-23(32)26-14-20-17(13-10-15-8-11-16(25)12-9-15)21(31)30(29-20)22-27-18-6-4-5-7-19(18)28-22;24-23(25,26)15-9-7-14(8-10-15)20-16(11-13-30-12-3-6-19(30)32)21(33)31(29-20)22-27-17-4-1-2-5-18(17)28-22;24-17-8-5-16(6-9-17)7-10-18-21(15-28-11-13-31-14-12-28)27-29(22(18)30)23-25-19-3-1-2-4-20(19)26-23/h2-7,13,16,29H,8-12H2,1H3,(H,27,28);4-9,11-12,29H,10,13-14H2,1-3H3,(H,26,32)(H,27,28);1-2,4-5,7-10,29H,3,6,11-13H2,(H,27,28);1-6,8-9,27H,7,10-15H2,(H,25,26). The predicted molar refractivity (Wildman–Crippen MR) is 474 cm³/mol. The summed E-state index contributed by atoms with van der Waals surface area (Å²) >= 11 is 0. The summed E-state index contributed by atoms with van der Waals surface area (Å²) in [5, 5.41) is 15.3. The number of carbonyl (C=O) groups excluding carboxylic acids is 3. The lowest BCUT2D eigenvalue weighted by Gasteiger charge is -2.31. The molecule has 8 aromatic carbocycles. The van der Waals surface area contributed by atoms with Gasteiger partial charge in [0.25, 0.3) is 22.2 Å². The van der Waals surface area contributed by atoms with Gasteiger partial charge in [0.2, 0.25) is 35.6 Å². The van der Waals surface area contributed by atoms with Crippen LogP contribution in [0.15, 0.2) is 207 Å². The first-order valence-corrected chi connectivity index (χ1v) is 42.6. The van der Waals surface area contributed by atoms with Crippen molar-refractivity contribution in [1.82, 2.24) is 99.0 Å². The molecule has 8 aromatic heterocycles. The molecule has 3 fully saturated rings. The van der Waals surface area contributed by atoms with Crippen LogP contribution in [0.5, 0.6) is 0 Å². The third-order valence-corrected chi connectivity index (χ3v) is 23.0. The third-order valence-electron chi connectivity index (χ3n) is 23.0. The van der Waals surface area contributed by atoms with E-state index in [1.807, 2.05) is 91.0 Å². The van der Waals surface area contributed by atoms with E-state index in [1.54, 1.807) is 67.8 Å². The summed E-state index contributed by atoms with van der Waals surface area (Å²) in [6.45, 7) is 12.8. The van der Waals surface area contributed by atoms with Crippen LogP contribution in [0.4, 0.5) is 35.5 Å². The van der Waals surface area contributed by atoms with Gasteiger partial charge < -0.3 is 44.5 Å². The number of ether oxygens (including phenoxy) is 2. The SMILES string of the molecule is CC(=O)N1CCC(c2[nH]n(-c3nc4ccccc4[nH]3)c(=O)c2Cc2ccc(F)c(F)c2)CC1.CC(C)(C)OC(=O)NCc1[nH]n(-c2nc3ccccc3[nH]2)c(=O)c1CCc1ccc(F)cc1.O=C1CCCN1CCc1c(-c2ccc(C(F)(F)F)cc2)[nH]n(-c2nc3ccccc3[nH]2)c1=O.O=c1c(CCc2ccc(F)cc2)c(CN2CCOCC2)[nH]n1-c1nc2ccccc2[nH]1. The van der Waals surface area contributed by atoms with Gasteiger partial charge >= 0.3 is 12.3 Å². The fourth-order valence-electron chi connectivity index (χ4n) is 16.2. The maximum Gasteiger partial charge on any atom is 0.416 e. The second-order valence-electron chi connectivity index (χ2n) is 33.0. The molecule has 0 spiro atoms. The second-order valence-corrected chi connectivity index (χ2v) is 33.0. The quantitative estimate of drug-likeness (QED) is 0.0302. The molecule has 36 heteroatoms. The minimum absolute atomic E-state index is 0.0271. The number of amides is 3. The number of fused-ring (bicyclic) bond motifs is 4. The molecule has 16 aromatic rings. The van der Waals surface area contributed by atoms with Gasteiger partial charge in [-0.25, -0.2) is 42.3 Å². The van der Waals surface area contributed by atoms with E-state index in [0.717, 1.165) is 110 Å². The zero-order chi connectivity index (χ0) is 91.1. The molecule has 9 N–H and O–H groups in total. The molecule has 3 aliphatic heterocycles. The van der Waals surface area contributed by atoms with Crippen LogP contribution in [0.3, 0.4) is 0 Å². The Morgan fingerprint density at radius 3 is 1.41 bits per heavy atom. The van der Waals surface area contributed by atoms with Crippen LogP contribution in [0, 0.1) is 23.3 Å². The van der Waals surface area contributed by atoms with Crippen molar-refractivity contribution >= 4 is 62.0 Å². The minimum atomic E-state index is -4.45. The second kappa shape index (κ2) is 38.5. The summed E-state index contributed by atoms with van der Waals surface area (Å²) in [5.74, 6) is -0.877. The van der Waals surface area contributed by atoms with Crippen molar-refractivity contribution in [3.63, 3.8) is 0 Å². The minimum Gasteiger partial charge on any atom is -0.444 e. The Morgan fingerprint density at radius 2 is 0.946 bits per heavy atom. The number of carbonyl (C=O) groups is 3. The fourth-order valence-corrected chi connectivity index (χ4v) is 16.2. The molecule has 3 aliphatic rings. The van der Waals surface area contributed by atoms with E-state index in [2.05, 4.69) is 70.5 Å². The number of hydrogen-bond acceptors (Lipinski definition) is 14. The number of halogens is 7. The van der Waals surface area contributed by atoms with E-state index >= 15 is 0 Å². The Labute approximate surface area is 736 Å². The van der Waals surface area contributed by atoms with Crippen LogP contribution in [0.2, 0.25) is 0 Å². The number of alkyl carbamates (subject to hydrolysis) is 1. The number of rotatable bonds is 21. The number of likely N-dealkylation sites (tertiary alicyclic amines) is 2. The molecule has 3 saturated heterocycles. The summed E-state index contributed by atoms with van der Waals surface area (Å²) < 4.78 is 109. The van der Waals surface area contributed by atoms with E-state index in [-0.39, 0.29) is 76.9 Å². The highest BCUT2D eigenvalue weighted by Gasteiger charge is 2.33. The van der Waals surface area contributed by atoms with Crippen LogP contribution in [-0.4, -0.2) is 170 Å².